The van der Waals surface area contributed by atoms with Crippen LogP contribution < -0.4 is 5.11 Å². The average molecular weight is 272 g/mol. The molecule has 2 aromatic rings. The molecule has 0 spiro atoms. The molecule has 1 aromatic carbocycles. The number of pyridine rings is 1. The van der Waals surface area contributed by atoms with Crippen LogP contribution in [-0.2, 0) is 0 Å². The second kappa shape index (κ2) is 6.15. The summed E-state index contributed by atoms with van der Waals surface area (Å²) in [5.41, 5.74) is 0.662. The Kier molecular flexibility index (Phi) is 4.30. The number of aromatic nitrogens is 1. The van der Waals surface area contributed by atoms with Crippen LogP contribution in [0.4, 0.5) is 0 Å². The van der Waals surface area contributed by atoms with Crippen LogP contribution in [0, 0.1) is 0 Å². The molecule has 19 heavy (non-hydrogen) atoms. The first-order valence-corrected chi connectivity index (χ1v) is 6.53. The van der Waals surface area contributed by atoms with E-state index in [9.17, 15) is 14.7 Å². The number of carbonyl (C=O) groups is 2. The lowest BCUT2D eigenvalue weighted by Crippen LogP contribution is -2.23. The first-order valence-electron chi connectivity index (χ1n) is 5.55. The Morgan fingerprint density at radius 2 is 1.89 bits per heavy atom. The van der Waals surface area contributed by atoms with Crippen molar-refractivity contribution in [2.45, 2.75) is 4.90 Å². The Bertz CT molecular complexity index is 599. The molecule has 0 amide bonds. The van der Waals surface area contributed by atoms with Crippen molar-refractivity contribution in [1.82, 2.24) is 4.98 Å². The van der Waals surface area contributed by atoms with Gasteiger partial charge in [-0.05, 0) is 6.07 Å². The molecule has 0 fully saturated rings. The Labute approximate surface area is 114 Å². The number of carbonyl (C=O) groups excluding carboxylic acids is 2. The van der Waals surface area contributed by atoms with E-state index in [4.69, 9.17) is 0 Å². The standard InChI is InChI=1S/C14H11NO3S/c16-12(10-4-2-1-3-5-10)9-19-13-8-15-7-6-11(13)14(17)18/h1-8H,9H2,(H,17,18)/p-1. The van der Waals surface area contributed by atoms with Crippen molar-refractivity contribution in [2.24, 2.45) is 0 Å². The van der Waals surface area contributed by atoms with Gasteiger partial charge >= 0.3 is 0 Å². The molecule has 1 heterocycles. The number of hydrogen-bond donors (Lipinski definition) is 0. The quantitative estimate of drug-likeness (QED) is 0.608. The summed E-state index contributed by atoms with van der Waals surface area (Å²) < 4.78 is 0. The van der Waals surface area contributed by atoms with E-state index in [0.29, 0.717) is 10.5 Å². The van der Waals surface area contributed by atoms with Crippen LogP contribution in [-0.4, -0.2) is 22.5 Å². The number of rotatable bonds is 5. The maximum atomic E-state index is 11.9. The van der Waals surface area contributed by atoms with Gasteiger partial charge in [-0.25, -0.2) is 0 Å². The summed E-state index contributed by atoms with van der Waals surface area (Å²) in [5.74, 6) is -1.16. The molecule has 5 heteroatoms. The number of benzene rings is 1. The Morgan fingerprint density at radius 3 is 2.58 bits per heavy atom. The highest BCUT2D eigenvalue weighted by Crippen LogP contribution is 2.22. The molecule has 0 bridgehead atoms. The molecule has 0 atom stereocenters. The molecular formula is C14H10NO3S-. The summed E-state index contributed by atoms with van der Waals surface area (Å²) in [6, 6.07) is 10.2. The average Bonchev–Trinajstić information content (AvgIpc) is 2.46. The Balaban J connectivity index is 2.07. The lowest BCUT2D eigenvalue weighted by atomic mass is 10.2. The minimum Gasteiger partial charge on any atom is -0.545 e. The molecule has 0 aliphatic carbocycles. The minimum absolute atomic E-state index is 0.0564. The van der Waals surface area contributed by atoms with Gasteiger partial charge in [-0.1, -0.05) is 30.3 Å². The van der Waals surface area contributed by atoms with Crippen molar-refractivity contribution in [3.63, 3.8) is 0 Å². The van der Waals surface area contributed by atoms with E-state index in [2.05, 4.69) is 4.98 Å². The van der Waals surface area contributed by atoms with Crippen LogP contribution in [0.3, 0.4) is 0 Å². The van der Waals surface area contributed by atoms with Crippen molar-refractivity contribution in [3.8, 4) is 0 Å². The normalized spacial score (nSPS) is 10.1. The fourth-order valence-electron chi connectivity index (χ4n) is 1.51. The third-order valence-electron chi connectivity index (χ3n) is 2.46. The zero-order valence-electron chi connectivity index (χ0n) is 9.91. The Hall–Kier alpha value is -2.14. The van der Waals surface area contributed by atoms with Crippen LogP contribution in [0.25, 0.3) is 0 Å². The van der Waals surface area contributed by atoms with Crippen LogP contribution in [0.5, 0.6) is 0 Å². The van der Waals surface area contributed by atoms with Crippen molar-refractivity contribution in [1.29, 1.82) is 0 Å². The maximum absolute atomic E-state index is 11.9. The lowest BCUT2D eigenvalue weighted by molar-refractivity contribution is -0.255. The number of Topliss-reactive ketones (excluding diaryl/α,β-unsaturated/α-hetero) is 1. The molecule has 0 unspecified atom stereocenters. The molecule has 1 aromatic heterocycles. The second-order valence-corrected chi connectivity index (χ2v) is 4.75. The van der Waals surface area contributed by atoms with Gasteiger partial charge in [-0.15, -0.1) is 11.8 Å². The highest BCUT2D eigenvalue weighted by molar-refractivity contribution is 8.00. The fourth-order valence-corrected chi connectivity index (χ4v) is 2.41. The van der Waals surface area contributed by atoms with E-state index < -0.39 is 5.97 Å². The van der Waals surface area contributed by atoms with E-state index >= 15 is 0 Å². The first kappa shape index (κ1) is 13.3. The minimum atomic E-state index is -1.27. The zero-order chi connectivity index (χ0) is 13.7. The number of hydrogen-bond acceptors (Lipinski definition) is 5. The predicted octanol–water partition coefficient (Wildman–Crippen LogP) is 1.42. The topological polar surface area (TPSA) is 70.1 Å². The second-order valence-electron chi connectivity index (χ2n) is 3.74. The number of ketones is 1. The molecule has 0 aliphatic heterocycles. The van der Waals surface area contributed by atoms with Crippen LogP contribution in [0.15, 0.2) is 53.7 Å². The monoisotopic (exact) mass is 272 g/mol. The van der Waals surface area contributed by atoms with Crippen LogP contribution in [0.2, 0.25) is 0 Å². The number of thioether (sulfide) groups is 1. The van der Waals surface area contributed by atoms with Crippen molar-refractivity contribution in [2.75, 3.05) is 5.75 Å². The van der Waals surface area contributed by atoms with Crippen molar-refractivity contribution in [3.05, 3.63) is 59.9 Å². The van der Waals surface area contributed by atoms with E-state index in [1.165, 1.54) is 18.5 Å². The number of carboxylic acid groups (broad SMARTS) is 1. The van der Waals surface area contributed by atoms with Gasteiger partial charge in [0, 0.05) is 28.4 Å². The maximum Gasteiger partial charge on any atom is 0.173 e. The van der Waals surface area contributed by atoms with Gasteiger partial charge in [0.25, 0.3) is 0 Å². The summed E-state index contributed by atoms with van der Waals surface area (Å²) in [6.45, 7) is 0. The third-order valence-corrected chi connectivity index (χ3v) is 3.50. The van der Waals surface area contributed by atoms with Gasteiger partial charge in [0.15, 0.2) is 5.78 Å². The van der Waals surface area contributed by atoms with Gasteiger partial charge in [0.2, 0.25) is 0 Å². The summed E-state index contributed by atoms with van der Waals surface area (Å²) in [4.78, 5) is 27.1. The molecule has 4 nitrogen and oxygen atoms in total. The van der Waals surface area contributed by atoms with E-state index in [0.717, 1.165) is 11.8 Å². The SMILES string of the molecule is O=C(CSc1cnccc1C(=O)[O-])c1ccccc1. The summed E-state index contributed by atoms with van der Waals surface area (Å²) >= 11 is 1.15. The van der Waals surface area contributed by atoms with Gasteiger partial charge in [-0.2, -0.15) is 0 Å². The highest BCUT2D eigenvalue weighted by Gasteiger charge is 2.09. The fraction of sp³-hybridized carbons (Fsp3) is 0.0714. The molecule has 0 N–H and O–H groups in total. The summed E-state index contributed by atoms with van der Waals surface area (Å²) in [5, 5.41) is 10.9. The van der Waals surface area contributed by atoms with Gasteiger partial charge in [0.1, 0.15) is 0 Å². The number of aromatic carboxylic acids is 1. The van der Waals surface area contributed by atoms with Crippen LogP contribution >= 0.6 is 11.8 Å². The highest BCUT2D eigenvalue weighted by atomic mass is 32.2. The molecule has 0 radical (unpaired) electrons. The number of carboxylic acids is 1. The van der Waals surface area contributed by atoms with Gasteiger partial charge < -0.3 is 9.90 Å². The largest absolute Gasteiger partial charge is 0.545 e. The molecule has 0 saturated heterocycles. The van der Waals surface area contributed by atoms with Crippen molar-refractivity contribution < 1.29 is 14.7 Å². The molecule has 2 rings (SSSR count). The van der Waals surface area contributed by atoms with Gasteiger partial charge in [-0.3, -0.25) is 9.78 Å². The summed E-state index contributed by atoms with van der Waals surface area (Å²) in [6.07, 6.45) is 2.81. The first-order chi connectivity index (χ1) is 9.18. The lowest BCUT2D eigenvalue weighted by Gasteiger charge is -2.08. The molecule has 0 aliphatic rings. The van der Waals surface area contributed by atoms with Crippen LogP contribution in [0.1, 0.15) is 20.7 Å². The smallest absolute Gasteiger partial charge is 0.173 e. The molecule has 0 saturated carbocycles. The molecular weight excluding hydrogens is 262 g/mol. The predicted molar refractivity (Wildman–Crippen MR) is 70.1 cm³/mol. The van der Waals surface area contributed by atoms with Gasteiger partial charge in [0.05, 0.1) is 11.7 Å². The summed E-state index contributed by atoms with van der Waals surface area (Å²) in [7, 11) is 0. The third kappa shape index (κ3) is 3.42. The van der Waals surface area contributed by atoms with Crippen molar-refractivity contribution >= 4 is 23.5 Å². The van der Waals surface area contributed by atoms with E-state index in [-0.39, 0.29) is 17.1 Å². The van der Waals surface area contributed by atoms with E-state index in [1.54, 1.807) is 24.3 Å². The number of nitrogens with zero attached hydrogens (tertiary/aromatic N) is 1. The molecule has 96 valence electrons. The Morgan fingerprint density at radius 1 is 1.16 bits per heavy atom. The van der Waals surface area contributed by atoms with E-state index in [1.807, 2.05) is 6.07 Å². The zero-order valence-corrected chi connectivity index (χ0v) is 10.7.